The fourth-order valence-corrected chi connectivity index (χ4v) is 3.24. The summed E-state index contributed by atoms with van der Waals surface area (Å²) in [7, 11) is 1.84. The minimum absolute atomic E-state index is 0.176. The van der Waals surface area contributed by atoms with Gasteiger partial charge in [0.1, 0.15) is 12.4 Å². The second-order valence-corrected chi connectivity index (χ2v) is 7.47. The van der Waals surface area contributed by atoms with Crippen molar-refractivity contribution in [3.63, 3.8) is 0 Å². The number of benzene rings is 1. The van der Waals surface area contributed by atoms with E-state index in [9.17, 15) is 4.79 Å². The number of nitrogens with one attached hydrogen (secondary N) is 1. The van der Waals surface area contributed by atoms with E-state index in [0.29, 0.717) is 23.3 Å². The second-order valence-electron chi connectivity index (χ2n) is 6.17. The third-order valence-corrected chi connectivity index (χ3v) is 5.46. The van der Waals surface area contributed by atoms with Gasteiger partial charge >= 0.3 is 0 Å². The summed E-state index contributed by atoms with van der Waals surface area (Å²) in [6.07, 6.45) is 1.56. The van der Waals surface area contributed by atoms with Crippen LogP contribution in [0.3, 0.4) is 0 Å². The molecule has 0 spiro atoms. The molecule has 0 bridgehead atoms. The van der Waals surface area contributed by atoms with Crippen LogP contribution in [-0.2, 0) is 18.4 Å². The lowest BCUT2D eigenvalue weighted by Crippen LogP contribution is -2.15. The van der Waals surface area contributed by atoms with Crippen molar-refractivity contribution in [3.05, 3.63) is 58.6 Å². The molecule has 0 aliphatic rings. The van der Waals surface area contributed by atoms with E-state index in [1.54, 1.807) is 18.3 Å². The number of rotatable bonds is 7. The lowest BCUT2D eigenvalue weighted by Gasteiger charge is -2.08. The molecular formula is C19H20ClN5O2S. The number of pyridine rings is 1. The molecule has 3 aromatic rings. The molecule has 2 aromatic heterocycles. The molecule has 0 fully saturated rings. The van der Waals surface area contributed by atoms with Gasteiger partial charge in [-0.1, -0.05) is 29.4 Å². The number of amides is 1. The fraction of sp³-hybridized carbons (Fsp3) is 0.263. The van der Waals surface area contributed by atoms with Gasteiger partial charge < -0.3 is 14.6 Å². The van der Waals surface area contributed by atoms with Crippen molar-refractivity contribution in [2.45, 2.75) is 25.6 Å². The SMILES string of the molecule is Cc1ccc(OCc2nnc(SCC(=O)Nc3cccnc3Cl)n2C)cc1C. The van der Waals surface area contributed by atoms with Gasteiger partial charge in [-0.25, -0.2) is 4.98 Å². The van der Waals surface area contributed by atoms with E-state index in [-0.39, 0.29) is 16.8 Å². The number of aromatic nitrogens is 4. The Morgan fingerprint density at radius 2 is 2.07 bits per heavy atom. The van der Waals surface area contributed by atoms with Gasteiger partial charge in [-0.3, -0.25) is 4.79 Å². The van der Waals surface area contributed by atoms with E-state index >= 15 is 0 Å². The minimum atomic E-state index is -0.198. The standard InChI is InChI=1S/C19H20ClN5O2S/c1-12-6-7-14(9-13(12)2)27-10-16-23-24-19(25(16)3)28-11-17(26)22-15-5-4-8-21-18(15)20/h4-9H,10-11H2,1-3H3,(H,22,26). The summed E-state index contributed by atoms with van der Waals surface area (Å²) in [6.45, 7) is 4.40. The van der Waals surface area contributed by atoms with Crippen LogP contribution >= 0.6 is 23.4 Å². The highest BCUT2D eigenvalue weighted by atomic mass is 35.5. The van der Waals surface area contributed by atoms with E-state index in [0.717, 1.165) is 5.75 Å². The first-order chi connectivity index (χ1) is 13.4. The van der Waals surface area contributed by atoms with Crippen molar-refractivity contribution in [2.24, 2.45) is 7.05 Å². The van der Waals surface area contributed by atoms with Crippen molar-refractivity contribution in [2.75, 3.05) is 11.1 Å². The van der Waals surface area contributed by atoms with Gasteiger partial charge in [0.05, 0.1) is 11.4 Å². The highest BCUT2D eigenvalue weighted by Gasteiger charge is 2.13. The molecule has 146 valence electrons. The number of thioether (sulfide) groups is 1. The van der Waals surface area contributed by atoms with Crippen LogP contribution in [-0.4, -0.2) is 31.4 Å². The van der Waals surface area contributed by atoms with Crippen LogP contribution < -0.4 is 10.1 Å². The zero-order valence-corrected chi connectivity index (χ0v) is 17.3. The molecule has 0 unspecified atom stereocenters. The Hall–Kier alpha value is -2.58. The molecule has 0 aliphatic carbocycles. The third-order valence-electron chi connectivity index (χ3n) is 4.14. The Bertz CT molecular complexity index is 992. The van der Waals surface area contributed by atoms with Crippen molar-refractivity contribution in [1.29, 1.82) is 0 Å². The summed E-state index contributed by atoms with van der Waals surface area (Å²) in [5, 5.41) is 11.9. The van der Waals surface area contributed by atoms with Crippen LogP contribution in [0, 0.1) is 13.8 Å². The summed E-state index contributed by atoms with van der Waals surface area (Å²) in [4.78, 5) is 16.1. The Balaban J connectivity index is 1.54. The Kier molecular flexibility index (Phi) is 6.53. The maximum absolute atomic E-state index is 12.1. The van der Waals surface area contributed by atoms with Crippen molar-refractivity contribution < 1.29 is 9.53 Å². The quantitative estimate of drug-likeness (QED) is 0.465. The van der Waals surface area contributed by atoms with Gasteiger partial charge in [0.25, 0.3) is 0 Å². The number of halogens is 1. The number of aryl methyl sites for hydroxylation is 2. The predicted molar refractivity (Wildman–Crippen MR) is 110 cm³/mol. The van der Waals surface area contributed by atoms with Crippen LogP contribution in [0.1, 0.15) is 17.0 Å². The molecule has 0 saturated carbocycles. The number of hydrogen-bond acceptors (Lipinski definition) is 6. The normalized spacial score (nSPS) is 10.7. The van der Waals surface area contributed by atoms with Crippen molar-refractivity contribution >= 4 is 35.0 Å². The number of anilines is 1. The van der Waals surface area contributed by atoms with Gasteiger partial charge in [0.15, 0.2) is 16.1 Å². The molecule has 1 N–H and O–H groups in total. The summed E-state index contributed by atoms with van der Waals surface area (Å²) < 4.78 is 7.62. The van der Waals surface area contributed by atoms with Crippen molar-refractivity contribution in [1.82, 2.24) is 19.7 Å². The van der Waals surface area contributed by atoms with Crippen LogP contribution in [0.4, 0.5) is 5.69 Å². The molecule has 9 heteroatoms. The average Bonchev–Trinajstić information content (AvgIpc) is 3.03. The van der Waals surface area contributed by atoms with Gasteiger partial charge in [-0.05, 0) is 49.2 Å². The van der Waals surface area contributed by atoms with Crippen LogP contribution in [0.2, 0.25) is 5.15 Å². The molecule has 0 aliphatic heterocycles. The Morgan fingerprint density at radius 1 is 1.25 bits per heavy atom. The molecule has 0 radical (unpaired) electrons. The fourth-order valence-electron chi connectivity index (χ4n) is 2.34. The molecule has 0 saturated heterocycles. The zero-order valence-electron chi connectivity index (χ0n) is 15.8. The zero-order chi connectivity index (χ0) is 20.1. The molecule has 28 heavy (non-hydrogen) atoms. The Labute approximate surface area is 172 Å². The lowest BCUT2D eigenvalue weighted by molar-refractivity contribution is -0.113. The number of carbonyl (C=O) groups excluding carboxylic acids is 1. The third kappa shape index (κ3) is 5.02. The molecular weight excluding hydrogens is 398 g/mol. The first-order valence-corrected chi connectivity index (χ1v) is 9.92. The highest BCUT2D eigenvalue weighted by Crippen LogP contribution is 2.21. The van der Waals surface area contributed by atoms with Crippen LogP contribution in [0.25, 0.3) is 0 Å². The number of nitrogens with zero attached hydrogens (tertiary/aromatic N) is 4. The molecule has 1 amide bonds. The molecule has 7 nitrogen and oxygen atoms in total. The average molecular weight is 418 g/mol. The predicted octanol–water partition coefficient (Wildman–Crippen LogP) is 3.79. The van der Waals surface area contributed by atoms with Crippen LogP contribution in [0.5, 0.6) is 5.75 Å². The number of hydrogen-bond donors (Lipinski definition) is 1. The smallest absolute Gasteiger partial charge is 0.234 e. The first kappa shape index (κ1) is 20.2. The Morgan fingerprint density at radius 3 is 2.82 bits per heavy atom. The van der Waals surface area contributed by atoms with Gasteiger partial charge in [0.2, 0.25) is 5.91 Å². The number of ether oxygens (including phenoxy) is 1. The van der Waals surface area contributed by atoms with E-state index in [1.807, 2.05) is 36.7 Å². The van der Waals surface area contributed by atoms with Gasteiger partial charge in [-0.2, -0.15) is 0 Å². The molecule has 1 aromatic carbocycles. The van der Waals surface area contributed by atoms with Gasteiger partial charge in [-0.15, -0.1) is 10.2 Å². The maximum atomic E-state index is 12.1. The highest BCUT2D eigenvalue weighted by molar-refractivity contribution is 7.99. The number of carbonyl (C=O) groups is 1. The van der Waals surface area contributed by atoms with E-state index in [1.165, 1.54) is 22.9 Å². The second kappa shape index (κ2) is 9.07. The van der Waals surface area contributed by atoms with E-state index in [4.69, 9.17) is 16.3 Å². The molecule has 0 atom stereocenters. The van der Waals surface area contributed by atoms with Gasteiger partial charge in [0, 0.05) is 13.2 Å². The first-order valence-electron chi connectivity index (χ1n) is 8.55. The topological polar surface area (TPSA) is 81.9 Å². The summed E-state index contributed by atoms with van der Waals surface area (Å²) in [5.74, 6) is 1.44. The monoisotopic (exact) mass is 417 g/mol. The minimum Gasteiger partial charge on any atom is -0.486 e. The molecule has 2 heterocycles. The summed E-state index contributed by atoms with van der Waals surface area (Å²) >= 11 is 7.23. The van der Waals surface area contributed by atoms with Crippen LogP contribution in [0.15, 0.2) is 41.7 Å². The lowest BCUT2D eigenvalue weighted by atomic mass is 10.1. The van der Waals surface area contributed by atoms with E-state index in [2.05, 4.69) is 27.4 Å². The summed E-state index contributed by atoms with van der Waals surface area (Å²) in [5.41, 5.74) is 2.87. The van der Waals surface area contributed by atoms with Crippen molar-refractivity contribution in [3.8, 4) is 5.75 Å². The largest absolute Gasteiger partial charge is 0.486 e. The van der Waals surface area contributed by atoms with E-state index < -0.39 is 0 Å². The maximum Gasteiger partial charge on any atom is 0.234 e. The molecule has 3 rings (SSSR count). The summed E-state index contributed by atoms with van der Waals surface area (Å²) in [6, 6.07) is 9.36.